The van der Waals surface area contributed by atoms with E-state index in [2.05, 4.69) is 0 Å². The van der Waals surface area contributed by atoms with Gasteiger partial charge < -0.3 is 24.1 Å². The molecule has 0 aliphatic heterocycles. The molecule has 8 nitrogen and oxygen atoms in total. The molecule has 7 atom stereocenters. The molecule has 3 aliphatic carbocycles. The second-order valence-electron chi connectivity index (χ2n) is 9.98. The van der Waals surface area contributed by atoms with Gasteiger partial charge in [0, 0.05) is 31.2 Å². The van der Waals surface area contributed by atoms with Gasteiger partial charge in [0.15, 0.2) is 0 Å². The van der Waals surface area contributed by atoms with Crippen molar-refractivity contribution in [3.63, 3.8) is 0 Å². The summed E-state index contributed by atoms with van der Waals surface area (Å²) in [7, 11) is 1.26. The van der Waals surface area contributed by atoms with Gasteiger partial charge in [-0.3, -0.25) is 14.4 Å². The molecule has 8 heteroatoms. The Labute approximate surface area is 180 Å². The number of ether oxygens (including phenoxy) is 2. The van der Waals surface area contributed by atoms with Crippen LogP contribution in [0.5, 0.6) is 0 Å². The van der Waals surface area contributed by atoms with Crippen LogP contribution in [-0.4, -0.2) is 52.9 Å². The third-order valence-corrected chi connectivity index (χ3v) is 8.37. The zero-order valence-corrected chi connectivity index (χ0v) is 18.5. The Morgan fingerprint density at radius 1 is 1.26 bits per heavy atom. The average molecular weight is 434 g/mol. The molecule has 2 N–H and O–H groups in total. The minimum atomic E-state index is -1.87. The molecule has 0 radical (unpaired) electrons. The maximum atomic E-state index is 13.4. The normalized spacial score (nSPS) is 40.9. The number of Topliss-reactive ketones (excluding diaryl/α,β-unsaturated/α-hetero) is 1. The SMILES string of the molecule is COC(=O)[C@@H]1c2ccoc2C[C@H]2[C@H]1[C@@H](OC(C)=O)[C@H](O)[C@@]1(O)C(C)(C)CCC(=O)[C@]21C. The van der Waals surface area contributed by atoms with Gasteiger partial charge in [0.2, 0.25) is 0 Å². The highest BCUT2D eigenvalue weighted by Crippen LogP contribution is 2.66. The van der Waals surface area contributed by atoms with Gasteiger partial charge in [-0.15, -0.1) is 0 Å². The van der Waals surface area contributed by atoms with Crippen molar-refractivity contribution in [2.75, 3.05) is 7.11 Å². The Balaban J connectivity index is 2.00. The first-order chi connectivity index (χ1) is 14.4. The van der Waals surface area contributed by atoms with Gasteiger partial charge in [0.25, 0.3) is 0 Å². The Morgan fingerprint density at radius 2 is 1.94 bits per heavy atom. The van der Waals surface area contributed by atoms with E-state index in [4.69, 9.17) is 13.9 Å². The Kier molecular flexibility index (Phi) is 4.90. The lowest BCUT2D eigenvalue weighted by Gasteiger charge is -2.67. The first-order valence-electron chi connectivity index (χ1n) is 10.7. The topological polar surface area (TPSA) is 123 Å². The highest BCUT2D eigenvalue weighted by Gasteiger charge is 2.76. The van der Waals surface area contributed by atoms with Gasteiger partial charge >= 0.3 is 11.9 Å². The molecule has 1 aromatic heterocycles. The molecular weight excluding hydrogens is 404 g/mol. The minimum absolute atomic E-state index is 0.178. The monoisotopic (exact) mass is 434 g/mol. The fourth-order valence-corrected chi connectivity index (χ4v) is 6.76. The predicted molar refractivity (Wildman–Crippen MR) is 107 cm³/mol. The van der Waals surface area contributed by atoms with Gasteiger partial charge in [-0.25, -0.2) is 0 Å². The third-order valence-electron chi connectivity index (χ3n) is 8.37. The summed E-state index contributed by atoms with van der Waals surface area (Å²) in [6.45, 7) is 6.51. The number of hydrogen-bond donors (Lipinski definition) is 2. The highest BCUT2D eigenvalue weighted by atomic mass is 16.6. The van der Waals surface area contributed by atoms with Crippen LogP contribution < -0.4 is 0 Å². The molecule has 0 spiro atoms. The molecule has 31 heavy (non-hydrogen) atoms. The van der Waals surface area contributed by atoms with Gasteiger partial charge in [0.1, 0.15) is 29.4 Å². The summed E-state index contributed by atoms with van der Waals surface area (Å²) >= 11 is 0. The van der Waals surface area contributed by atoms with E-state index in [1.807, 2.05) is 13.8 Å². The molecule has 2 saturated carbocycles. The summed E-state index contributed by atoms with van der Waals surface area (Å²) in [4.78, 5) is 38.4. The summed E-state index contributed by atoms with van der Waals surface area (Å²) in [5, 5.41) is 23.7. The number of hydrogen-bond acceptors (Lipinski definition) is 8. The Bertz CT molecular complexity index is 932. The molecule has 1 aromatic rings. The number of aliphatic hydroxyl groups excluding tert-OH is 1. The smallest absolute Gasteiger partial charge is 0.313 e. The Hall–Kier alpha value is -2.19. The molecule has 3 aliphatic rings. The van der Waals surface area contributed by atoms with Crippen molar-refractivity contribution in [1.29, 1.82) is 0 Å². The summed E-state index contributed by atoms with van der Waals surface area (Å²) in [6, 6.07) is 1.67. The van der Waals surface area contributed by atoms with Crippen LogP contribution in [0.25, 0.3) is 0 Å². The van der Waals surface area contributed by atoms with Crippen molar-refractivity contribution in [2.24, 2.45) is 22.7 Å². The second-order valence-corrected chi connectivity index (χ2v) is 9.98. The summed E-state index contributed by atoms with van der Waals surface area (Å²) in [5.41, 5.74) is -3.51. The molecule has 0 saturated heterocycles. The van der Waals surface area contributed by atoms with E-state index in [-0.39, 0.29) is 18.6 Å². The number of methoxy groups -OCH3 is 1. The molecule has 4 rings (SSSR count). The summed E-state index contributed by atoms with van der Waals surface area (Å²) < 4.78 is 16.3. The van der Waals surface area contributed by atoms with Crippen molar-refractivity contribution in [2.45, 2.75) is 70.7 Å². The fourth-order valence-electron chi connectivity index (χ4n) is 6.76. The van der Waals surface area contributed by atoms with Crippen molar-refractivity contribution in [1.82, 2.24) is 0 Å². The molecule has 0 amide bonds. The predicted octanol–water partition coefficient (Wildman–Crippen LogP) is 1.76. The van der Waals surface area contributed by atoms with Crippen molar-refractivity contribution in [3.05, 3.63) is 23.7 Å². The van der Waals surface area contributed by atoms with E-state index in [1.54, 1.807) is 13.0 Å². The van der Waals surface area contributed by atoms with Crippen molar-refractivity contribution >= 4 is 17.7 Å². The standard InChI is InChI=1S/C23H30O8/c1-11(24)31-18-17-13(10-14-12(7-9-30-14)16(17)20(27)29-5)22(4)15(25)6-8-21(2,3)23(22,28)19(18)26/h7,9,13,16-19,26,28H,6,8,10H2,1-5H3/t13-,16+,17+,18+,19-,22-,23+/m0/s1. The molecule has 0 bridgehead atoms. The largest absolute Gasteiger partial charge is 0.469 e. The number of aliphatic hydroxyl groups is 2. The number of ketones is 1. The van der Waals surface area contributed by atoms with Crippen LogP contribution in [0.15, 0.2) is 16.7 Å². The van der Waals surface area contributed by atoms with E-state index in [9.17, 15) is 24.6 Å². The number of carbonyl (C=O) groups excluding carboxylic acids is 3. The second kappa shape index (κ2) is 6.90. The number of rotatable bonds is 2. The van der Waals surface area contributed by atoms with Crippen LogP contribution in [0.1, 0.15) is 57.8 Å². The van der Waals surface area contributed by atoms with E-state index < -0.39 is 58.3 Å². The van der Waals surface area contributed by atoms with Crippen molar-refractivity contribution < 1.29 is 38.5 Å². The third kappa shape index (κ3) is 2.64. The van der Waals surface area contributed by atoms with Crippen LogP contribution >= 0.6 is 0 Å². The molecule has 170 valence electrons. The van der Waals surface area contributed by atoms with E-state index in [0.717, 1.165) is 0 Å². The maximum absolute atomic E-state index is 13.4. The van der Waals surface area contributed by atoms with Crippen LogP contribution in [0, 0.1) is 22.7 Å². The van der Waals surface area contributed by atoms with Gasteiger partial charge in [0.05, 0.1) is 24.7 Å². The van der Waals surface area contributed by atoms with E-state index in [1.165, 1.54) is 20.3 Å². The van der Waals surface area contributed by atoms with Gasteiger partial charge in [-0.1, -0.05) is 13.8 Å². The number of fused-ring (bicyclic) bond motifs is 4. The van der Waals surface area contributed by atoms with Crippen LogP contribution in [0.4, 0.5) is 0 Å². The summed E-state index contributed by atoms with van der Waals surface area (Å²) in [6.07, 6.45) is -0.401. The average Bonchev–Trinajstić information content (AvgIpc) is 3.18. The van der Waals surface area contributed by atoms with Crippen LogP contribution in [-0.2, 0) is 30.3 Å². The quantitative estimate of drug-likeness (QED) is 0.675. The zero-order valence-electron chi connectivity index (χ0n) is 18.5. The zero-order chi connectivity index (χ0) is 22.9. The van der Waals surface area contributed by atoms with Gasteiger partial charge in [-0.2, -0.15) is 0 Å². The summed E-state index contributed by atoms with van der Waals surface area (Å²) in [5.74, 6) is -3.14. The number of esters is 2. The lowest BCUT2D eigenvalue weighted by atomic mass is 9.39. The van der Waals surface area contributed by atoms with Crippen LogP contribution in [0.3, 0.4) is 0 Å². The first kappa shape index (κ1) is 22.0. The number of carbonyl (C=O) groups is 3. The minimum Gasteiger partial charge on any atom is -0.469 e. The molecule has 0 unspecified atom stereocenters. The number of furan rings is 1. The fraction of sp³-hybridized carbons (Fsp3) is 0.696. The molecule has 2 fully saturated rings. The molecule has 0 aromatic carbocycles. The lowest BCUT2D eigenvalue weighted by molar-refractivity contribution is -0.300. The first-order valence-corrected chi connectivity index (χ1v) is 10.7. The highest BCUT2D eigenvalue weighted by molar-refractivity contribution is 5.89. The van der Waals surface area contributed by atoms with Gasteiger partial charge in [-0.05, 0) is 30.7 Å². The van der Waals surface area contributed by atoms with Crippen molar-refractivity contribution in [3.8, 4) is 0 Å². The van der Waals surface area contributed by atoms with Crippen LogP contribution in [0.2, 0.25) is 0 Å². The Morgan fingerprint density at radius 3 is 2.55 bits per heavy atom. The van der Waals surface area contributed by atoms with E-state index in [0.29, 0.717) is 17.7 Å². The molecular formula is C23H30O8. The maximum Gasteiger partial charge on any atom is 0.313 e. The lowest BCUT2D eigenvalue weighted by Crippen LogP contribution is -2.79. The van der Waals surface area contributed by atoms with E-state index >= 15 is 0 Å². The molecule has 1 heterocycles.